The fourth-order valence-electron chi connectivity index (χ4n) is 5.35. The van der Waals surface area contributed by atoms with Gasteiger partial charge in [-0.1, -0.05) is 24.6 Å². The molecule has 0 radical (unpaired) electrons. The monoisotopic (exact) mass is 410 g/mol. The molecule has 2 aromatic rings. The summed E-state index contributed by atoms with van der Waals surface area (Å²) >= 11 is 0. The van der Waals surface area contributed by atoms with Crippen LogP contribution in [0.4, 0.5) is 0 Å². The maximum absolute atomic E-state index is 12.6. The van der Waals surface area contributed by atoms with Crippen molar-refractivity contribution in [2.75, 3.05) is 39.3 Å². The molecule has 5 nitrogen and oxygen atoms in total. The van der Waals surface area contributed by atoms with Crippen LogP contribution in [0.2, 0.25) is 0 Å². The molecular formula is C25H38N4O. The van der Waals surface area contributed by atoms with Gasteiger partial charge in [-0.2, -0.15) is 0 Å². The Morgan fingerprint density at radius 3 is 2.50 bits per heavy atom. The lowest BCUT2D eigenvalue weighted by Crippen LogP contribution is -2.43. The van der Waals surface area contributed by atoms with Gasteiger partial charge in [0, 0.05) is 48.7 Å². The highest BCUT2D eigenvalue weighted by molar-refractivity contribution is 5.85. The Morgan fingerprint density at radius 1 is 1.03 bits per heavy atom. The molecule has 1 amide bonds. The summed E-state index contributed by atoms with van der Waals surface area (Å²) in [7, 11) is 0. The van der Waals surface area contributed by atoms with Gasteiger partial charge in [0.1, 0.15) is 0 Å². The highest BCUT2D eigenvalue weighted by atomic mass is 16.1. The summed E-state index contributed by atoms with van der Waals surface area (Å²) in [4.78, 5) is 17.6. The van der Waals surface area contributed by atoms with Gasteiger partial charge in [0.25, 0.3) is 0 Å². The van der Waals surface area contributed by atoms with E-state index in [1.165, 1.54) is 54.5 Å². The zero-order valence-electron chi connectivity index (χ0n) is 18.8. The van der Waals surface area contributed by atoms with E-state index in [0.717, 1.165) is 52.1 Å². The minimum atomic E-state index is 0.181. The topological polar surface area (TPSA) is 40.5 Å². The fraction of sp³-hybridized carbons (Fsp3) is 0.640. The number of nitrogens with zero attached hydrogens (tertiary/aromatic N) is 3. The zero-order valence-corrected chi connectivity index (χ0v) is 18.8. The summed E-state index contributed by atoms with van der Waals surface area (Å²) in [5.41, 5.74) is 4.18. The molecule has 0 aliphatic carbocycles. The van der Waals surface area contributed by atoms with E-state index in [4.69, 9.17) is 0 Å². The lowest BCUT2D eigenvalue weighted by molar-refractivity contribution is -0.126. The average molecular weight is 411 g/mol. The van der Waals surface area contributed by atoms with E-state index in [0.29, 0.717) is 0 Å². The van der Waals surface area contributed by atoms with Gasteiger partial charge in [-0.3, -0.25) is 9.69 Å². The standard InChI is InChI=1S/C25H38N4O/c1-3-29-20(2)23(22-9-5-6-10-24(22)29)19-28-16-11-21(12-17-28)25(30)26-13-18-27-14-7-4-8-15-27/h5-6,9-10,21H,3-4,7-8,11-19H2,1-2H3,(H,26,30). The molecule has 3 heterocycles. The van der Waals surface area contributed by atoms with Crippen molar-refractivity contribution in [3.63, 3.8) is 0 Å². The summed E-state index contributed by atoms with van der Waals surface area (Å²) in [5.74, 6) is 0.450. The van der Waals surface area contributed by atoms with Gasteiger partial charge >= 0.3 is 0 Å². The largest absolute Gasteiger partial charge is 0.355 e. The van der Waals surface area contributed by atoms with Gasteiger partial charge in [0.05, 0.1) is 0 Å². The Labute approximate surface area is 181 Å². The van der Waals surface area contributed by atoms with Gasteiger partial charge in [-0.25, -0.2) is 0 Å². The zero-order chi connectivity index (χ0) is 20.9. The molecule has 0 bridgehead atoms. The number of piperidine rings is 2. The van der Waals surface area contributed by atoms with Crippen molar-refractivity contribution in [3.8, 4) is 0 Å². The number of fused-ring (bicyclic) bond motifs is 1. The number of amides is 1. The van der Waals surface area contributed by atoms with Crippen LogP contribution in [0.5, 0.6) is 0 Å². The van der Waals surface area contributed by atoms with Crippen LogP contribution in [0, 0.1) is 12.8 Å². The number of rotatable bonds is 7. The van der Waals surface area contributed by atoms with Crippen LogP contribution in [0.3, 0.4) is 0 Å². The van der Waals surface area contributed by atoms with Crippen LogP contribution >= 0.6 is 0 Å². The molecule has 2 aliphatic rings. The quantitative estimate of drug-likeness (QED) is 0.755. The van der Waals surface area contributed by atoms with Crippen molar-refractivity contribution in [3.05, 3.63) is 35.5 Å². The number of carbonyl (C=O) groups is 1. The number of benzene rings is 1. The van der Waals surface area contributed by atoms with Crippen molar-refractivity contribution in [2.24, 2.45) is 5.92 Å². The molecule has 0 saturated carbocycles. The van der Waals surface area contributed by atoms with Gasteiger partial charge in [-0.15, -0.1) is 0 Å². The normalized spacial score (nSPS) is 19.4. The second-order valence-corrected chi connectivity index (χ2v) is 9.07. The number of likely N-dealkylation sites (tertiary alicyclic amines) is 2. The molecular weight excluding hydrogens is 372 g/mol. The fourth-order valence-corrected chi connectivity index (χ4v) is 5.35. The van der Waals surface area contributed by atoms with Gasteiger partial charge in [0.2, 0.25) is 5.91 Å². The molecule has 0 spiro atoms. The first-order chi connectivity index (χ1) is 14.7. The molecule has 1 aromatic carbocycles. The first kappa shape index (κ1) is 21.4. The third kappa shape index (κ3) is 4.73. The molecule has 4 rings (SSSR count). The van der Waals surface area contributed by atoms with E-state index >= 15 is 0 Å². The second-order valence-electron chi connectivity index (χ2n) is 9.07. The molecule has 0 unspecified atom stereocenters. The number of aryl methyl sites for hydroxylation is 1. The predicted molar refractivity (Wildman–Crippen MR) is 124 cm³/mol. The molecule has 5 heteroatoms. The Bertz CT molecular complexity index is 844. The first-order valence-corrected chi connectivity index (χ1v) is 12.0. The molecule has 2 saturated heterocycles. The van der Waals surface area contributed by atoms with E-state index in [1.54, 1.807) is 0 Å². The highest BCUT2D eigenvalue weighted by Crippen LogP contribution is 2.28. The Balaban J connectivity index is 1.27. The molecule has 1 N–H and O–H groups in total. The second kappa shape index (κ2) is 9.97. The van der Waals surface area contributed by atoms with Crippen molar-refractivity contribution < 1.29 is 4.79 Å². The number of carbonyl (C=O) groups excluding carboxylic acids is 1. The lowest BCUT2D eigenvalue weighted by Gasteiger charge is -2.32. The van der Waals surface area contributed by atoms with E-state index in [1.807, 2.05) is 0 Å². The van der Waals surface area contributed by atoms with Crippen LogP contribution in [-0.4, -0.2) is 59.5 Å². The van der Waals surface area contributed by atoms with E-state index in [2.05, 4.69) is 57.8 Å². The number of nitrogens with one attached hydrogen (secondary N) is 1. The SMILES string of the molecule is CCn1c(C)c(CN2CCC(C(=O)NCCN3CCCCC3)CC2)c2ccccc21. The van der Waals surface area contributed by atoms with E-state index in [9.17, 15) is 4.79 Å². The van der Waals surface area contributed by atoms with Crippen LogP contribution < -0.4 is 5.32 Å². The predicted octanol–water partition coefficient (Wildman–Crippen LogP) is 3.78. The van der Waals surface area contributed by atoms with Crippen LogP contribution in [0.1, 0.15) is 50.3 Å². The van der Waals surface area contributed by atoms with Gasteiger partial charge < -0.3 is 14.8 Å². The molecule has 0 atom stereocenters. The highest BCUT2D eigenvalue weighted by Gasteiger charge is 2.26. The van der Waals surface area contributed by atoms with Crippen LogP contribution in [-0.2, 0) is 17.9 Å². The summed E-state index contributed by atoms with van der Waals surface area (Å²) < 4.78 is 2.42. The number of para-hydroxylation sites is 1. The van der Waals surface area contributed by atoms with Crippen LogP contribution in [0.25, 0.3) is 10.9 Å². The van der Waals surface area contributed by atoms with Gasteiger partial charge in [-0.05, 0) is 77.3 Å². The first-order valence-electron chi connectivity index (χ1n) is 12.0. The summed E-state index contributed by atoms with van der Waals surface area (Å²) in [6, 6.07) is 8.76. The molecule has 164 valence electrons. The van der Waals surface area contributed by atoms with Crippen LogP contribution in [0.15, 0.2) is 24.3 Å². The smallest absolute Gasteiger partial charge is 0.223 e. The average Bonchev–Trinajstić information content (AvgIpc) is 3.05. The summed E-state index contributed by atoms with van der Waals surface area (Å²) in [6.45, 7) is 12.7. The molecule has 30 heavy (non-hydrogen) atoms. The third-order valence-corrected chi connectivity index (χ3v) is 7.19. The van der Waals surface area contributed by atoms with Crippen molar-refractivity contribution in [1.29, 1.82) is 0 Å². The Kier molecular flexibility index (Phi) is 7.11. The number of hydrogen-bond donors (Lipinski definition) is 1. The van der Waals surface area contributed by atoms with Gasteiger partial charge in [0.15, 0.2) is 0 Å². The van der Waals surface area contributed by atoms with Crippen molar-refractivity contribution in [1.82, 2.24) is 19.7 Å². The lowest BCUT2D eigenvalue weighted by atomic mass is 9.95. The Hall–Kier alpha value is -1.85. The summed E-state index contributed by atoms with van der Waals surface area (Å²) in [6.07, 6.45) is 5.92. The van der Waals surface area contributed by atoms with E-state index < -0.39 is 0 Å². The molecule has 2 fully saturated rings. The molecule has 2 aliphatic heterocycles. The minimum Gasteiger partial charge on any atom is -0.355 e. The number of hydrogen-bond acceptors (Lipinski definition) is 3. The maximum Gasteiger partial charge on any atom is 0.223 e. The summed E-state index contributed by atoms with van der Waals surface area (Å²) in [5, 5.41) is 4.59. The number of aromatic nitrogens is 1. The molecule has 1 aromatic heterocycles. The minimum absolute atomic E-state index is 0.181. The maximum atomic E-state index is 12.6. The third-order valence-electron chi connectivity index (χ3n) is 7.19. The van der Waals surface area contributed by atoms with E-state index in [-0.39, 0.29) is 11.8 Å². The Morgan fingerprint density at radius 2 is 1.77 bits per heavy atom. The van der Waals surface area contributed by atoms with Crippen molar-refractivity contribution >= 4 is 16.8 Å². The van der Waals surface area contributed by atoms with Crippen molar-refractivity contribution in [2.45, 2.75) is 59.0 Å².